The fourth-order valence-corrected chi connectivity index (χ4v) is 2.50. The van der Waals surface area contributed by atoms with Gasteiger partial charge in [-0.2, -0.15) is 0 Å². The van der Waals surface area contributed by atoms with Gasteiger partial charge in [-0.15, -0.1) is 0 Å². The molecule has 0 aliphatic carbocycles. The van der Waals surface area contributed by atoms with Crippen LogP contribution in [0.25, 0.3) is 0 Å². The molecule has 0 saturated heterocycles. The normalized spacial score (nSPS) is 10.5. The Hall–Kier alpha value is -1.42. The molecule has 1 aromatic heterocycles. The van der Waals surface area contributed by atoms with E-state index in [-0.39, 0.29) is 5.82 Å². The van der Waals surface area contributed by atoms with Gasteiger partial charge in [-0.25, -0.2) is 9.37 Å². The van der Waals surface area contributed by atoms with Crippen molar-refractivity contribution in [2.45, 2.75) is 20.3 Å². The highest BCUT2D eigenvalue weighted by Gasteiger charge is 2.15. The Morgan fingerprint density at radius 2 is 2.05 bits per heavy atom. The molecular weight excluding hydrogens is 307 g/mol. The SMILES string of the molecule is CCCN(c1ccccc1F)c1ncc(Br)cc1C. The second-order valence-corrected chi connectivity index (χ2v) is 5.31. The highest BCUT2D eigenvalue weighted by Crippen LogP contribution is 2.29. The smallest absolute Gasteiger partial charge is 0.146 e. The molecule has 4 heteroatoms. The minimum Gasteiger partial charge on any atom is -0.324 e. The number of rotatable bonds is 4. The molecule has 0 fully saturated rings. The Balaban J connectivity index is 2.48. The average Bonchev–Trinajstić information content (AvgIpc) is 2.38. The van der Waals surface area contributed by atoms with Crippen LogP contribution in [0.2, 0.25) is 0 Å². The summed E-state index contributed by atoms with van der Waals surface area (Å²) in [7, 11) is 0. The molecule has 1 aromatic carbocycles. The van der Waals surface area contributed by atoms with E-state index in [1.165, 1.54) is 6.07 Å². The maximum absolute atomic E-state index is 14.0. The van der Waals surface area contributed by atoms with E-state index in [0.717, 1.165) is 28.8 Å². The van der Waals surface area contributed by atoms with E-state index >= 15 is 0 Å². The first-order chi connectivity index (χ1) is 9.13. The fourth-order valence-electron chi connectivity index (χ4n) is 2.05. The molecule has 0 radical (unpaired) electrons. The van der Waals surface area contributed by atoms with Crippen LogP contribution < -0.4 is 4.90 Å². The number of hydrogen-bond acceptors (Lipinski definition) is 2. The Kier molecular flexibility index (Phi) is 4.53. The van der Waals surface area contributed by atoms with Crippen LogP contribution in [0.15, 0.2) is 41.0 Å². The lowest BCUT2D eigenvalue weighted by Crippen LogP contribution is -2.21. The Labute approximate surface area is 121 Å². The first-order valence-electron chi connectivity index (χ1n) is 6.27. The summed E-state index contributed by atoms with van der Waals surface area (Å²) >= 11 is 3.40. The number of nitrogens with zero attached hydrogens (tertiary/aromatic N) is 2. The summed E-state index contributed by atoms with van der Waals surface area (Å²) in [6.07, 6.45) is 2.66. The maximum atomic E-state index is 14.0. The van der Waals surface area contributed by atoms with Gasteiger partial charge < -0.3 is 4.90 Å². The molecule has 0 spiro atoms. The van der Waals surface area contributed by atoms with Crippen LogP contribution in [0, 0.1) is 12.7 Å². The molecule has 0 saturated carbocycles. The number of halogens is 2. The summed E-state index contributed by atoms with van der Waals surface area (Å²) in [6.45, 7) is 4.79. The summed E-state index contributed by atoms with van der Waals surface area (Å²) in [5, 5.41) is 0. The highest BCUT2D eigenvalue weighted by molar-refractivity contribution is 9.10. The maximum Gasteiger partial charge on any atom is 0.146 e. The summed E-state index contributed by atoms with van der Waals surface area (Å²) in [6, 6.07) is 8.80. The van der Waals surface area contributed by atoms with Crippen molar-refractivity contribution < 1.29 is 4.39 Å². The summed E-state index contributed by atoms with van der Waals surface area (Å²) in [5.41, 5.74) is 1.59. The number of pyridine rings is 1. The molecule has 2 nitrogen and oxygen atoms in total. The first-order valence-corrected chi connectivity index (χ1v) is 7.07. The summed E-state index contributed by atoms with van der Waals surface area (Å²) in [5.74, 6) is 0.579. The van der Waals surface area contributed by atoms with Crippen molar-refractivity contribution in [2.24, 2.45) is 0 Å². The molecule has 0 bridgehead atoms. The largest absolute Gasteiger partial charge is 0.324 e. The van der Waals surface area contributed by atoms with Gasteiger partial charge in [0.1, 0.15) is 11.6 Å². The second kappa shape index (κ2) is 6.15. The summed E-state index contributed by atoms with van der Waals surface area (Å²) < 4.78 is 14.9. The number of anilines is 2. The van der Waals surface area contributed by atoms with Crippen molar-refractivity contribution in [3.05, 3.63) is 52.4 Å². The highest BCUT2D eigenvalue weighted by atomic mass is 79.9. The molecule has 0 aliphatic heterocycles. The quantitative estimate of drug-likeness (QED) is 0.800. The molecule has 0 unspecified atom stereocenters. The van der Waals surface area contributed by atoms with Crippen molar-refractivity contribution in [3.8, 4) is 0 Å². The van der Waals surface area contributed by atoms with Crippen molar-refractivity contribution >= 4 is 27.4 Å². The minimum atomic E-state index is -0.222. The number of aromatic nitrogens is 1. The van der Waals surface area contributed by atoms with Gasteiger partial charge in [0.25, 0.3) is 0 Å². The lowest BCUT2D eigenvalue weighted by Gasteiger charge is -2.25. The number of hydrogen-bond donors (Lipinski definition) is 0. The molecule has 0 aliphatic rings. The van der Waals surface area contributed by atoms with Crippen molar-refractivity contribution in [1.29, 1.82) is 0 Å². The predicted octanol–water partition coefficient (Wildman–Crippen LogP) is 4.84. The van der Waals surface area contributed by atoms with E-state index in [1.807, 2.05) is 24.0 Å². The van der Waals surface area contributed by atoms with E-state index in [1.54, 1.807) is 18.3 Å². The van der Waals surface area contributed by atoms with Crippen LogP contribution in [0.5, 0.6) is 0 Å². The third kappa shape index (κ3) is 3.13. The molecule has 0 atom stereocenters. The fraction of sp³-hybridized carbons (Fsp3) is 0.267. The van der Waals surface area contributed by atoms with Gasteiger partial charge >= 0.3 is 0 Å². The van der Waals surface area contributed by atoms with Crippen LogP contribution in [0.3, 0.4) is 0 Å². The van der Waals surface area contributed by atoms with E-state index in [0.29, 0.717) is 5.69 Å². The molecule has 19 heavy (non-hydrogen) atoms. The van der Waals surface area contributed by atoms with Gasteiger partial charge in [0.2, 0.25) is 0 Å². The summed E-state index contributed by atoms with van der Waals surface area (Å²) in [4.78, 5) is 6.35. The molecule has 0 amide bonds. The minimum absolute atomic E-state index is 0.222. The van der Waals surface area contributed by atoms with Crippen LogP contribution in [0.4, 0.5) is 15.9 Å². The number of benzene rings is 1. The van der Waals surface area contributed by atoms with E-state index in [4.69, 9.17) is 0 Å². The second-order valence-electron chi connectivity index (χ2n) is 4.40. The van der Waals surface area contributed by atoms with Crippen LogP contribution >= 0.6 is 15.9 Å². The van der Waals surface area contributed by atoms with Crippen molar-refractivity contribution in [3.63, 3.8) is 0 Å². The average molecular weight is 323 g/mol. The lowest BCUT2D eigenvalue weighted by molar-refractivity contribution is 0.623. The van der Waals surface area contributed by atoms with Crippen LogP contribution in [0.1, 0.15) is 18.9 Å². The molecule has 100 valence electrons. The zero-order valence-corrected chi connectivity index (χ0v) is 12.6. The third-order valence-corrected chi connectivity index (χ3v) is 3.30. The molecular formula is C15H16BrFN2. The lowest BCUT2D eigenvalue weighted by atomic mass is 10.2. The topological polar surface area (TPSA) is 16.1 Å². The van der Waals surface area contributed by atoms with Gasteiger partial charge in [-0.1, -0.05) is 19.1 Å². The Morgan fingerprint density at radius 3 is 2.68 bits per heavy atom. The standard InChI is InChI=1S/C15H16BrFN2/c1-3-8-19(14-7-5-4-6-13(14)17)15-11(2)9-12(16)10-18-15/h4-7,9-10H,3,8H2,1-2H3. The van der Waals surface area contributed by atoms with E-state index < -0.39 is 0 Å². The van der Waals surface area contributed by atoms with Crippen molar-refractivity contribution in [1.82, 2.24) is 4.98 Å². The Bertz CT molecular complexity index is 572. The monoisotopic (exact) mass is 322 g/mol. The predicted molar refractivity (Wildman–Crippen MR) is 80.4 cm³/mol. The van der Waals surface area contributed by atoms with Gasteiger partial charge in [0.05, 0.1) is 5.69 Å². The zero-order valence-electron chi connectivity index (χ0n) is 11.0. The van der Waals surface area contributed by atoms with Crippen LogP contribution in [-0.4, -0.2) is 11.5 Å². The third-order valence-electron chi connectivity index (χ3n) is 2.86. The van der Waals surface area contributed by atoms with E-state index in [9.17, 15) is 4.39 Å². The number of para-hydroxylation sites is 1. The number of aryl methyl sites for hydroxylation is 1. The van der Waals surface area contributed by atoms with Crippen molar-refractivity contribution in [2.75, 3.05) is 11.4 Å². The van der Waals surface area contributed by atoms with E-state index in [2.05, 4.69) is 27.8 Å². The molecule has 2 aromatic rings. The van der Waals surface area contributed by atoms with Gasteiger partial charge in [0.15, 0.2) is 0 Å². The van der Waals surface area contributed by atoms with Gasteiger partial charge in [-0.05, 0) is 53.0 Å². The first kappa shape index (κ1) is 14.0. The molecule has 0 N–H and O–H groups in total. The zero-order chi connectivity index (χ0) is 13.8. The van der Waals surface area contributed by atoms with Gasteiger partial charge in [0, 0.05) is 17.2 Å². The molecule has 2 rings (SSSR count). The van der Waals surface area contributed by atoms with Crippen LogP contribution in [-0.2, 0) is 0 Å². The molecule has 1 heterocycles. The van der Waals surface area contributed by atoms with Gasteiger partial charge in [-0.3, -0.25) is 0 Å². The Morgan fingerprint density at radius 1 is 1.32 bits per heavy atom.